The fraction of sp³-hybridized carbons (Fsp3) is 0.0500. The highest BCUT2D eigenvalue weighted by Crippen LogP contribution is 2.18. The number of nitrogens with one attached hydrogen (secondary N) is 1. The Balaban J connectivity index is 1.68. The Morgan fingerprint density at radius 3 is 2.59 bits per heavy atom. The number of nitro benzene ring substituents is 1. The number of ketones is 1. The Hall–Kier alpha value is -3.87. The van der Waals surface area contributed by atoms with Crippen LogP contribution in [0.2, 0.25) is 0 Å². The van der Waals surface area contributed by atoms with E-state index in [-0.39, 0.29) is 29.1 Å². The lowest BCUT2D eigenvalue weighted by Crippen LogP contribution is -2.19. The quantitative estimate of drug-likeness (QED) is 0.341. The number of Topliss-reactive ketones (excluding diaryl/α,β-unsaturated/α-hetero) is 1. The summed E-state index contributed by atoms with van der Waals surface area (Å²) in [5.74, 6) is -0.222. The van der Waals surface area contributed by atoms with Crippen LogP contribution < -0.4 is 5.56 Å². The van der Waals surface area contributed by atoms with Crippen molar-refractivity contribution in [2.45, 2.75) is 6.42 Å². The first-order valence-electron chi connectivity index (χ1n) is 8.20. The van der Waals surface area contributed by atoms with Gasteiger partial charge in [-0.05, 0) is 22.9 Å². The molecule has 1 N–H and O–H groups in total. The SMILES string of the molecule is O=C(Cc1nc2ccc([N+](=O)[O-])cc2[nH]c1=O)c1ccc2ccccc2c1. The van der Waals surface area contributed by atoms with Crippen LogP contribution in [0.3, 0.4) is 0 Å². The van der Waals surface area contributed by atoms with E-state index in [1.807, 2.05) is 30.3 Å². The Morgan fingerprint density at radius 1 is 1.04 bits per heavy atom. The lowest BCUT2D eigenvalue weighted by Gasteiger charge is -2.04. The highest BCUT2D eigenvalue weighted by atomic mass is 16.6. The first-order valence-corrected chi connectivity index (χ1v) is 8.20. The summed E-state index contributed by atoms with van der Waals surface area (Å²) in [6.07, 6.45) is -0.152. The summed E-state index contributed by atoms with van der Waals surface area (Å²) in [5.41, 5.74) is 0.558. The van der Waals surface area contributed by atoms with Gasteiger partial charge >= 0.3 is 0 Å². The third-order valence-electron chi connectivity index (χ3n) is 4.36. The van der Waals surface area contributed by atoms with Crippen molar-refractivity contribution in [2.75, 3.05) is 0 Å². The largest absolute Gasteiger partial charge is 0.319 e. The second-order valence-electron chi connectivity index (χ2n) is 6.13. The fourth-order valence-corrected chi connectivity index (χ4v) is 2.96. The van der Waals surface area contributed by atoms with E-state index in [1.54, 1.807) is 12.1 Å². The van der Waals surface area contributed by atoms with Crippen molar-refractivity contribution in [1.29, 1.82) is 0 Å². The number of hydrogen-bond donors (Lipinski definition) is 1. The molecule has 0 spiro atoms. The van der Waals surface area contributed by atoms with E-state index in [9.17, 15) is 19.7 Å². The molecule has 0 aliphatic heterocycles. The minimum Gasteiger partial charge on any atom is -0.319 e. The van der Waals surface area contributed by atoms with E-state index >= 15 is 0 Å². The highest BCUT2D eigenvalue weighted by molar-refractivity contribution is 6.01. The average molecular weight is 359 g/mol. The highest BCUT2D eigenvalue weighted by Gasteiger charge is 2.14. The molecule has 1 aromatic heterocycles. The van der Waals surface area contributed by atoms with E-state index in [2.05, 4.69) is 9.97 Å². The van der Waals surface area contributed by atoms with E-state index in [0.717, 1.165) is 10.8 Å². The lowest BCUT2D eigenvalue weighted by molar-refractivity contribution is -0.384. The molecule has 27 heavy (non-hydrogen) atoms. The zero-order valence-electron chi connectivity index (χ0n) is 14.0. The summed E-state index contributed by atoms with van der Waals surface area (Å²) in [5, 5.41) is 12.8. The molecule has 4 aromatic rings. The van der Waals surface area contributed by atoms with Crippen LogP contribution in [0.1, 0.15) is 16.1 Å². The van der Waals surface area contributed by atoms with Gasteiger partial charge in [0.25, 0.3) is 11.2 Å². The molecule has 3 aromatic carbocycles. The summed E-state index contributed by atoms with van der Waals surface area (Å²) in [7, 11) is 0. The van der Waals surface area contributed by atoms with Crippen LogP contribution in [0.25, 0.3) is 21.8 Å². The van der Waals surface area contributed by atoms with Crippen LogP contribution in [0.4, 0.5) is 5.69 Å². The summed E-state index contributed by atoms with van der Waals surface area (Å²) < 4.78 is 0. The molecule has 1 heterocycles. The predicted octanol–water partition coefficient (Wildman–Crippen LogP) is 3.41. The third kappa shape index (κ3) is 3.18. The van der Waals surface area contributed by atoms with Crippen molar-refractivity contribution >= 4 is 33.3 Å². The van der Waals surface area contributed by atoms with Crippen molar-refractivity contribution in [2.24, 2.45) is 0 Å². The van der Waals surface area contributed by atoms with Crippen LogP contribution in [0.15, 0.2) is 65.5 Å². The number of aromatic amines is 1. The molecule has 0 unspecified atom stereocenters. The van der Waals surface area contributed by atoms with Gasteiger partial charge in [-0.15, -0.1) is 0 Å². The maximum Gasteiger partial charge on any atom is 0.271 e. The van der Waals surface area contributed by atoms with Gasteiger partial charge in [0.05, 0.1) is 22.4 Å². The van der Waals surface area contributed by atoms with Crippen LogP contribution in [-0.2, 0) is 6.42 Å². The number of nitrogens with zero attached hydrogens (tertiary/aromatic N) is 2. The lowest BCUT2D eigenvalue weighted by atomic mass is 10.0. The van der Waals surface area contributed by atoms with Crippen LogP contribution in [0, 0.1) is 10.1 Å². The molecule has 4 rings (SSSR count). The van der Waals surface area contributed by atoms with Gasteiger partial charge in [0, 0.05) is 17.7 Å². The van der Waals surface area contributed by atoms with E-state index in [1.165, 1.54) is 18.2 Å². The molecule has 0 amide bonds. The number of carbonyl (C=O) groups is 1. The van der Waals surface area contributed by atoms with Crippen LogP contribution >= 0.6 is 0 Å². The molecule has 0 radical (unpaired) electrons. The molecular weight excluding hydrogens is 346 g/mol. The summed E-state index contributed by atoms with van der Waals surface area (Å²) >= 11 is 0. The Bertz CT molecular complexity index is 1280. The molecule has 0 fully saturated rings. The molecule has 0 aliphatic carbocycles. The maximum absolute atomic E-state index is 12.6. The molecular formula is C20H13N3O4. The Kier molecular flexibility index (Phi) is 3.97. The van der Waals surface area contributed by atoms with Gasteiger partial charge in [0.15, 0.2) is 5.78 Å². The summed E-state index contributed by atoms with van der Waals surface area (Å²) in [6, 6.07) is 17.1. The molecule has 7 nitrogen and oxygen atoms in total. The average Bonchev–Trinajstić information content (AvgIpc) is 2.67. The van der Waals surface area contributed by atoms with Crippen molar-refractivity contribution in [3.05, 3.63) is 92.4 Å². The molecule has 0 bridgehead atoms. The van der Waals surface area contributed by atoms with Gasteiger partial charge in [-0.25, -0.2) is 4.98 Å². The second kappa shape index (κ2) is 6.45. The first kappa shape index (κ1) is 16.6. The number of non-ortho nitro benzene ring substituents is 1. The second-order valence-corrected chi connectivity index (χ2v) is 6.13. The van der Waals surface area contributed by atoms with Crippen molar-refractivity contribution < 1.29 is 9.72 Å². The number of hydrogen-bond acceptors (Lipinski definition) is 5. The topological polar surface area (TPSA) is 106 Å². The Morgan fingerprint density at radius 2 is 1.81 bits per heavy atom. The van der Waals surface area contributed by atoms with Gasteiger partial charge < -0.3 is 4.98 Å². The molecule has 0 atom stereocenters. The van der Waals surface area contributed by atoms with E-state index in [4.69, 9.17) is 0 Å². The number of fused-ring (bicyclic) bond motifs is 2. The standard InChI is InChI=1S/C20H13N3O4/c24-19(14-6-5-12-3-1-2-4-13(12)9-14)11-18-20(25)22-17-10-15(23(26)27)7-8-16(17)21-18/h1-10H,11H2,(H,22,25). The Labute approximate surface area is 152 Å². The predicted molar refractivity (Wildman–Crippen MR) is 101 cm³/mol. The maximum atomic E-state index is 12.6. The molecule has 0 saturated heterocycles. The zero-order chi connectivity index (χ0) is 19.0. The molecule has 0 aliphatic rings. The number of nitro groups is 1. The number of carbonyl (C=O) groups excluding carboxylic acids is 1. The zero-order valence-corrected chi connectivity index (χ0v) is 14.0. The summed E-state index contributed by atoms with van der Waals surface area (Å²) in [6.45, 7) is 0. The third-order valence-corrected chi connectivity index (χ3v) is 4.36. The van der Waals surface area contributed by atoms with Gasteiger partial charge in [0.2, 0.25) is 0 Å². The number of benzene rings is 3. The van der Waals surface area contributed by atoms with E-state index < -0.39 is 10.5 Å². The van der Waals surface area contributed by atoms with Gasteiger partial charge in [-0.3, -0.25) is 19.7 Å². The van der Waals surface area contributed by atoms with Crippen molar-refractivity contribution in [3.63, 3.8) is 0 Å². The first-order chi connectivity index (χ1) is 13.0. The smallest absolute Gasteiger partial charge is 0.271 e. The number of rotatable bonds is 4. The molecule has 132 valence electrons. The number of aromatic nitrogens is 2. The summed E-state index contributed by atoms with van der Waals surface area (Å²) in [4.78, 5) is 41.9. The minimum absolute atomic E-state index is 0.0783. The molecule has 0 saturated carbocycles. The van der Waals surface area contributed by atoms with Gasteiger partial charge in [-0.1, -0.05) is 36.4 Å². The van der Waals surface area contributed by atoms with Gasteiger partial charge in [-0.2, -0.15) is 0 Å². The minimum atomic E-state index is -0.547. The fourth-order valence-electron chi connectivity index (χ4n) is 2.96. The van der Waals surface area contributed by atoms with E-state index in [0.29, 0.717) is 11.1 Å². The normalized spacial score (nSPS) is 11.0. The monoisotopic (exact) mass is 359 g/mol. The van der Waals surface area contributed by atoms with Crippen molar-refractivity contribution in [3.8, 4) is 0 Å². The van der Waals surface area contributed by atoms with Gasteiger partial charge in [0.1, 0.15) is 5.69 Å². The van der Waals surface area contributed by atoms with Crippen LogP contribution in [0.5, 0.6) is 0 Å². The molecule has 7 heteroatoms. The van der Waals surface area contributed by atoms with Crippen molar-refractivity contribution in [1.82, 2.24) is 9.97 Å². The number of H-pyrrole nitrogens is 1. The van der Waals surface area contributed by atoms with Crippen LogP contribution in [-0.4, -0.2) is 20.7 Å².